The third-order valence-corrected chi connectivity index (χ3v) is 4.85. The fourth-order valence-electron chi connectivity index (χ4n) is 2.87. The Morgan fingerprint density at radius 3 is 2.68 bits per heavy atom. The molecule has 0 saturated carbocycles. The maximum atomic E-state index is 12.3. The zero-order chi connectivity index (χ0) is 21.5. The normalized spacial score (nSPS) is 10.9. The quantitative estimate of drug-likeness (QED) is 0.317. The van der Waals surface area contributed by atoms with E-state index in [1.165, 1.54) is 0 Å². The standard InChI is InChI=1S/C24H19ClN4O2/c25-21-12-5-4-9-19(21)16-31-20-11-6-10-18(13-20)22-14-23(28-27-22)24(30)29-26-15-17-7-2-1-3-8-17/h1-15H,16H2,(H,27,28)(H,29,30). The minimum absolute atomic E-state index is 0.308. The third kappa shape index (κ3) is 5.38. The highest BCUT2D eigenvalue weighted by Gasteiger charge is 2.11. The Morgan fingerprint density at radius 1 is 1.03 bits per heavy atom. The van der Waals surface area contributed by atoms with Gasteiger partial charge in [0.1, 0.15) is 18.1 Å². The Hall–Kier alpha value is -3.90. The minimum Gasteiger partial charge on any atom is -0.489 e. The molecule has 3 aromatic carbocycles. The van der Waals surface area contributed by atoms with Crippen LogP contribution >= 0.6 is 11.6 Å². The molecule has 1 heterocycles. The van der Waals surface area contributed by atoms with Crippen molar-refractivity contribution in [2.75, 3.05) is 0 Å². The van der Waals surface area contributed by atoms with E-state index in [2.05, 4.69) is 20.7 Å². The molecule has 0 spiro atoms. The van der Waals surface area contributed by atoms with E-state index in [0.717, 1.165) is 16.7 Å². The van der Waals surface area contributed by atoms with Crippen LogP contribution in [0.3, 0.4) is 0 Å². The molecule has 0 aliphatic carbocycles. The van der Waals surface area contributed by atoms with Crippen molar-refractivity contribution in [1.82, 2.24) is 15.6 Å². The molecule has 0 radical (unpaired) electrons. The van der Waals surface area contributed by atoms with Gasteiger partial charge in [-0.05, 0) is 29.8 Å². The molecule has 6 nitrogen and oxygen atoms in total. The lowest BCUT2D eigenvalue weighted by molar-refractivity contribution is 0.0950. The first-order valence-electron chi connectivity index (χ1n) is 9.59. The van der Waals surface area contributed by atoms with Gasteiger partial charge in [0.15, 0.2) is 0 Å². The van der Waals surface area contributed by atoms with Crippen LogP contribution < -0.4 is 10.2 Å². The molecule has 0 atom stereocenters. The Morgan fingerprint density at radius 2 is 1.84 bits per heavy atom. The predicted octanol–water partition coefficient (Wildman–Crippen LogP) is 5.07. The van der Waals surface area contributed by atoms with Crippen LogP contribution in [0, 0.1) is 0 Å². The van der Waals surface area contributed by atoms with Gasteiger partial charge in [-0.2, -0.15) is 10.2 Å². The molecule has 0 saturated heterocycles. The van der Waals surface area contributed by atoms with Crippen LogP contribution in [0.15, 0.2) is 90.0 Å². The van der Waals surface area contributed by atoms with Crippen molar-refractivity contribution < 1.29 is 9.53 Å². The molecule has 0 aliphatic heterocycles. The van der Waals surface area contributed by atoms with Crippen molar-refractivity contribution in [2.24, 2.45) is 5.10 Å². The highest BCUT2D eigenvalue weighted by Crippen LogP contribution is 2.24. The maximum Gasteiger partial charge on any atom is 0.289 e. The number of amides is 1. The number of hydrogen-bond donors (Lipinski definition) is 2. The van der Waals surface area contributed by atoms with Gasteiger partial charge in [0.05, 0.1) is 11.9 Å². The van der Waals surface area contributed by atoms with Gasteiger partial charge in [-0.3, -0.25) is 9.89 Å². The average molecular weight is 431 g/mol. The number of aromatic nitrogens is 2. The summed E-state index contributed by atoms with van der Waals surface area (Å²) in [5.74, 6) is 0.302. The highest BCUT2D eigenvalue weighted by atomic mass is 35.5. The summed E-state index contributed by atoms with van der Waals surface area (Å²) in [6.45, 7) is 0.358. The van der Waals surface area contributed by atoms with Crippen LogP contribution in [-0.2, 0) is 6.61 Å². The molecule has 0 aliphatic rings. The number of hydrazone groups is 1. The number of aromatic amines is 1. The molecular weight excluding hydrogens is 412 g/mol. The summed E-state index contributed by atoms with van der Waals surface area (Å²) in [4.78, 5) is 12.3. The molecule has 7 heteroatoms. The number of carbonyl (C=O) groups excluding carboxylic acids is 1. The zero-order valence-electron chi connectivity index (χ0n) is 16.5. The van der Waals surface area contributed by atoms with Crippen molar-refractivity contribution in [1.29, 1.82) is 0 Å². The van der Waals surface area contributed by atoms with Crippen LogP contribution in [0.5, 0.6) is 5.75 Å². The van der Waals surface area contributed by atoms with E-state index < -0.39 is 0 Å². The van der Waals surface area contributed by atoms with Crippen molar-refractivity contribution in [3.8, 4) is 17.0 Å². The first-order valence-corrected chi connectivity index (χ1v) is 9.97. The van der Waals surface area contributed by atoms with Crippen LogP contribution in [0.2, 0.25) is 5.02 Å². The molecule has 1 aromatic heterocycles. The van der Waals surface area contributed by atoms with Gasteiger partial charge in [-0.25, -0.2) is 5.43 Å². The summed E-state index contributed by atoms with van der Waals surface area (Å²) in [5, 5.41) is 11.6. The number of carbonyl (C=O) groups is 1. The van der Waals surface area contributed by atoms with Gasteiger partial charge in [-0.1, -0.05) is 72.3 Å². The number of H-pyrrole nitrogens is 1. The van der Waals surface area contributed by atoms with Crippen LogP contribution in [0.1, 0.15) is 21.6 Å². The van der Waals surface area contributed by atoms with Crippen molar-refractivity contribution >= 4 is 23.7 Å². The number of halogens is 1. The topological polar surface area (TPSA) is 79.4 Å². The molecule has 154 valence electrons. The molecular formula is C24H19ClN4O2. The van der Waals surface area contributed by atoms with E-state index in [4.69, 9.17) is 16.3 Å². The highest BCUT2D eigenvalue weighted by molar-refractivity contribution is 6.31. The fraction of sp³-hybridized carbons (Fsp3) is 0.0417. The molecule has 2 N–H and O–H groups in total. The zero-order valence-corrected chi connectivity index (χ0v) is 17.2. The van der Waals surface area contributed by atoms with E-state index in [1.807, 2.05) is 78.9 Å². The van der Waals surface area contributed by atoms with Crippen LogP contribution in [-0.4, -0.2) is 22.3 Å². The predicted molar refractivity (Wildman–Crippen MR) is 121 cm³/mol. The average Bonchev–Trinajstić information content (AvgIpc) is 3.30. The number of hydrogen-bond acceptors (Lipinski definition) is 4. The van der Waals surface area contributed by atoms with Gasteiger partial charge >= 0.3 is 0 Å². The van der Waals surface area contributed by atoms with Crippen molar-refractivity contribution in [2.45, 2.75) is 6.61 Å². The van der Waals surface area contributed by atoms with E-state index in [0.29, 0.717) is 28.8 Å². The Kier molecular flexibility index (Phi) is 6.40. The van der Waals surface area contributed by atoms with Crippen LogP contribution in [0.4, 0.5) is 0 Å². The Bertz CT molecular complexity index is 1200. The van der Waals surface area contributed by atoms with Gasteiger partial charge < -0.3 is 4.74 Å². The lowest BCUT2D eigenvalue weighted by Crippen LogP contribution is -2.17. The first-order chi connectivity index (χ1) is 15.2. The van der Waals surface area contributed by atoms with Gasteiger partial charge in [-0.15, -0.1) is 0 Å². The first kappa shape index (κ1) is 20.4. The molecule has 0 unspecified atom stereocenters. The lowest BCUT2D eigenvalue weighted by atomic mass is 10.1. The smallest absolute Gasteiger partial charge is 0.289 e. The number of ether oxygens (including phenoxy) is 1. The summed E-state index contributed by atoms with van der Waals surface area (Å²) in [5.41, 5.74) is 6.04. The van der Waals surface area contributed by atoms with E-state index in [9.17, 15) is 4.79 Å². The summed E-state index contributed by atoms with van der Waals surface area (Å²) in [6, 6.07) is 26.2. The number of nitrogens with zero attached hydrogens (tertiary/aromatic N) is 2. The molecule has 31 heavy (non-hydrogen) atoms. The number of rotatable bonds is 7. The second-order valence-corrected chi connectivity index (χ2v) is 7.09. The van der Waals surface area contributed by atoms with Crippen LogP contribution in [0.25, 0.3) is 11.3 Å². The summed E-state index contributed by atoms with van der Waals surface area (Å²) >= 11 is 6.18. The van der Waals surface area contributed by atoms with Gasteiger partial charge in [0, 0.05) is 16.1 Å². The van der Waals surface area contributed by atoms with E-state index >= 15 is 0 Å². The molecule has 0 fully saturated rings. The maximum absolute atomic E-state index is 12.3. The molecule has 4 rings (SSSR count). The summed E-state index contributed by atoms with van der Waals surface area (Å²) in [7, 11) is 0. The van der Waals surface area contributed by atoms with Gasteiger partial charge in [0.25, 0.3) is 5.91 Å². The summed E-state index contributed by atoms with van der Waals surface area (Å²) < 4.78 is 5.86. The second kappa shape index (κ2) is 9.73. The molecule has 0 bridgehead atoms. The van der Waals surface area contributed by atoms with Gasteiger partial charge in [0.2, 0.25) is 0 Å². The Balaban J connectivity index is 1.40. The Labute approximate surface area is 184 Å². The summed E-state index contributed by atoms with van der Waals surface area (Å²) in [6.07, 6.45) is 1.58. The number of benzene rings is 3. The number of nitrogens with one attached hydrogen (secondary N) is 2. The van der Waals surface area contributed by atoms with Crippen molar-refractivity contribution in [3.05, 3.63) is 107 Å². The second-order valence-electron chi connectivity index (χ2n) is 6.68. The fourth-order valence-corrected chi connectivity index (χ4v) is 3.06. The molecule has 4 aromatic rings. The minimum atomic E-state index is -0.378. The third-order valence-electron chi connectivity index (χ3n) is 4.48. The largest absolute Gasteiger partial charge is 0.489 e. The van der Waals surface area contributed by atoms with Crippen molar-refractivity contribution in [3.63, 3.8) is 0 Å². The monoisotopic (exact) mass is 430 g/mol. The van der Waals surface area contributed by atoms with E-state index in [1.54, 1.807) is 12.3 Å². The lowest BCUT2D eigenvalue weighted by Gasteiger charge is -2.08. The van der Waals surface area contributed by atoms with E-state index in [-0.39, 0.29) is 5.91 Å². The SMILES string of the molecule is O=C(NN=Cc1ccccc1)c1cc(-c2cccc(OCc3ccccc3Cl)c2)n[nH]1. The molecule has 1 amide bonds.